The minimum atomic E-state index is -1.18. The Balaban J connectivity index is -0.000000177. The van der Waals surface area contributed by atoms with Gasteiger partial charge in [0, 0.05) is 24.0 Å². The fourth-order valence-corrected chi connectivity index (χ4v) is 2.06. The zero-order valence-corrected chi connectivity index (χ0v) is 26.9. The van der Waals surface area contributed by atoms with Gasteiger partial charge in [0.1, 0.15) is 25.3 Å². The van der Waals surface area contributed by atoms with Gasteiger partial charge in [-0.3, -0.25) is 19.2 Å². The fourth-order valence-electron chi connectivity index (χ4n) is 2.06. The van der Waals surface area contributed by atoms with E-state index >= 15 is 0 Å². The second kappa shape index (κ2) is 31.0. The molecule has 0 aromatic heterocycles. The van der Waals surface area contributed by atoms with E-state index in [-0.39, 0.29) is 79.6 Å². The van der Waals surface area contributed by atoms with Crippen molar-refractivity contribution in [3.05, 3.63) is 24.3 Å². The molecule has 0 aliphatic carbocycles. The van der Waals surface area contributed by atoms with Crippen LogP contribution in [0.3, 0.4) is 0 Å². The predicted molar refractivity (Wildman–Crippen MR) is 171 cm³/mol. The maximum absolute atomic E-state index is 11.0. The van der Waals surface area contributed by atoms with Crippen molar-refractivity contribution in [2.75, 3.05) is 52.9 Å². The molecule has 0 amide bonds. The van der Waals surface area contributed by atoms with Crippen molar-refractivity contribution in [2.24, 2.45) is 22.3 Å². The van der Waals surface area contributed by atoms with Gasteiger partial charge in [-0.15, -0.1) is 0 Å². The van der Waals surface area contributed by atoms with Gasteiger partial charge in [0.2, 0.25) is 0 Å². The molecule has 14 N–H and O–H groups in total. The van der Waals surface area contributed by atoms with Crippen molar-refractivity contribution in [1.82, 2.24) is 0 Å². The summed E-state index contributed by atoms with van der Waals surface area (Å²) < 4.78 is 9.45. The van der Waals surface area contributed by atoms with E-state index in [4.69, 9.17) is 72.0 Å². The van der Waals surface area contributed by atoms with E-state index in [0.29, 0.717) is 0 Å². The van der Waals surface area contributed by atoms with Gasteiger partial charge in [-0.25, -0.2) is 9.59 Å². The Bertz CT molecular complexity index is 934. The molecule has 0 radical (unpaired) electrons. The van der Waals surface area contributed by atoms with E-state index in [0.717, 1.165) is 0 Å². The van der Waals surface area contributed by atoms with Crippen molar-refractivity contribution in [3.63, 3.8) is 0 Å². The summed E-state index contributed by atoms with van der Waals surface area (Å²) >= 11 is 0. The van der Waals surface area contributed by atoms with Crippen molar-refractivity contribution in [2.45, 2.75) is 51.6 Å². The fraction of sp³-hybridized carbons (Fsp3) is 0.643. The van der Waals surface area contributed by atoms with Crippen LogP contribution in [-0.2, 0) is 38.2 Å². The van der Waals surface area contributed by atoms with Gasteiger partial charge in [0.15, 0.2) is 0 Å². The van der Waals surface area contributed by atoms with Crippen LogP contribution < -0.4 is 11.5 Å². The Labute approximate surface area is 304 Å². The molecule has 0 bridgehead atoms. The Morgan fingerprint density at radius 1 is 0.571 bits per heavy atom. The summed E-state index contributed by atoms with van der Waals surface area (Å²) in [5.74, 6) is -5.61. The summed E-state index contributed by atoms with van der Waals surface area (Å²) in [6.07, 6.45) is -0.448. The molecule has 0 spiro atoms. The molecule has 0 aromatic carbocycles. The molecule has 0 saturated carbocycles. The molecule has 0 unspecified atom stereocenters. The number of aliphatic carboxylic acids is 4. The summed E-state index contributed by atoms with van der Waals surface area (Å²) in [6.45, 7) is 6.52. The monoisotopic (exact) mass is 726 g/mol. The Hall–Kier alpha value is -3.02. The zero-order valence-electron chi connectivity index (χ0n) is 26.9. The summed E-state index contributed by atoms with van der Waals surface area (Å²) in [4.78, 5) is 61.7. The average molecular weight is 727 g/mol. The number of carbonyl (C=O) groups is 6. The van der Waals surface area contributed by atoms with E-state index in [9.17, 15) is 28.8 Å². The molecule has 0 saturated heterocycles. The molecule has 20 nitrogen and oxygen atoms in total. The minimum absolute atomic E-state index is 0. The number of aliphatic hydroxyl groups excluding tert-OH is 6. The van der Waals surface area contributed by atoms with Crippen molar-refractivity contribution >= 4 is 65.4 Å². The molecule has 2 atom stereocenters. The Morgan fingerprint density at radius 3 is 0.939 bits per heavy atom. The number of hydrogen-bond donors (Lipinski definition) is 12. The number of nitrogens with two attached hydrogens (primary N) is 2. The molecular formula is C28H51N2NaO18. The maximum atomic E-state index is 11.0. The van der Waals surface area contributed by atoms with Gasteiger partial charge in [-0.1, -0.05) is 13.2 Å². The van der Waals surface area contributed by atoms with Gasteiger partial charge >= 0.3 is 65.4 Å². The first-order chi connectivity index (χ1) is 22.1. The molecule has 0 fully saturated rings. The third kappa shape index (κ3) is 29.6. The van der Waals surface area contributed by atoms with E-state index in [1.165, 1.54) is 13.8 Å². The molecular weight excluding hydrogens is 675 g/mol. The first-order valence-corrected chi connectivity index (χ1v) is 13.8. The van der Waals surface area contributed by atoms with E-state index < -0.39 is 98.4 Å². The normalized spacial score (nSPS) is 11.5. The van der Waals surface area contributed by atoms with Crippen LogP contribution in [0.4, 0.5) is 0 Å². The van der Waals surface area contributed by atoms with Crippen molar-refractivity contribution in [1.29, 1.82) is 0 Å². The SMILES string of the molecule is C=C(C)C(=O)OCC(CO)(CO)CO.C=C(C)C(=O)OCC(CO)(CO)CO.N[C@@H](CCC(=O)O)C(=O)O.N[C@@H](CCC(=O)O)C(=O)O.[NaH]. The molecule has 0 aliphatic rings. The molecule has 282 valence electrons. The second-order valence-electron chi connectivity index (χ2n) is 10.4. The topological polar surface area (TPSA) is 375 Å². The molecule has 0 aliphatic heterocycles. The van der Waals surface area contributed by atoms with Crippen molar-refractivity contribution < 1.29 is 89.3 Å². The molecule has 49 heavy (non-hydrogen) atoms. The van der Waals surface area contributed by atoms with Gasteiger partial charge in [-0.2, -0.15) is 0 Å². The summed E-state index contributed by atoms with van der Waals surface area (Å²) in [7, 11) is 0. The predicted octanol–water partition coefficient (Wildman–Crippen LogP) is -3.98. The summed E-state index contributed by atoms with van der Waals surface area (Å²) in [5, 5.41) is 85.9. The standard InChI is InChI=1S/2C9H16O5.2C5H9NO4.Na.H/c2*1-7(2)8(13)14-6-9(3-10,4-11)5-12;2*6-3(5(9)10)1-2-4(7)8;;/h2*10-12H,1,3-6H2,2H3;2*3H,1-2,6H2,(H,7,8)(H,9,10);;/t;;2*3-;;/m..00../s1. The van der Waals surface area contributed by atoms with Gasteiger partial charge in [-0.05, 0) is 26.7 Å². The average Bonchev–Trinajstić information content (AvgIpc) is 3.04. The van der Waals surface area contributed by atoms with Crippen LogP contribution in [0, 0.1) is 10.8 Å². The van der Waals surface area contributed by atoms with Crippen molar-refractivity contribution in [3.8, 4) is 0 Å². The molecule has 21 heteroatoms. The number of hydrogen-bond acceptors (Lipinski definition) is 16. The first-order valence-electron chi connectivity index (χ1n) is 13.8. The molecule has 0 rings (SSSR count). The molecule has 0 heterocycles. The number of carboxylic acids is 4. The van der Waals surface area contributed by atoms with Crippen LogP contribution >= 0.6 is 0 Å². The third-order valence-corrected chi connectivity index (χ3v) is 5.70. The van der Waals surface area contributed by atoms with E-state index in [2.05, 4.69) is 13.2 Å². The zero-order chi connectivity index (χ0) is 38.7. The summed E-state index contributed by atoms with van der Waals surface area (Å²) in [5.41, 5.74) is 8.11. The second-order valence-corrected chi connectivity index (χ2v) is 10.4. The van der Waals surface area contributed by atoms with E-state index in [1.807, 2.05) is 0 Å². The summed E-state index contributed by atoms with van der Waals surface area (Å²) in [6, 6.07) is -2.12. The van der Waals surface area contributed by atoms with Gasteiger partial charge in [0.25, 0.3) is 0 Å². The number of rotatable bonds is 20. The van der Waals surface area contributed by atoms with Gasteiger partial charge in [0.05, 0.1) is 50.5 Å². The molecule has 0 aromatic rings. The number of carboxylic acid groups (broad SMARTS) is 4. The number of aliphatic hydroxyl groups is 6. The van der Waals surface area contributed by atoms with Crippen LogP contribution in [-0.4, -0.2) is 181 Å². The van der Waals surface area contributed by atoms with Crippen LogP contribution in [0.5, 0.6) is 0 Å². The number of esters is 2. The van der Waals surface area contributed by atoms with E-state index in [1.54, 1.807) is 0 Å². The van der Waals surface area contributed by atoms with Gasteiger partial charge < -0.3 is 72.0 Å². The third-order valence-electron chi connectivity index (χ3n) is 5.70. The van der Waals surface area contributed by atoms with Crippen LogP contribution in [0.25, 0.3) is 0 Å². The first kappa shape index (κ1) is 55.4. The Morgan fingerprint density at radius 2 is 0.796 bits per heavy atom. The number of carbonyl (C=O) groups excluding carboxylic acids is 2. The van der Waals surface area contributed by atoms with Crippen LogP contribution in [0.2, 0.25) is 0 Å². The number of ether oxygens (including phenoxy) is 2. The van der Waals surface area contributed by atoms with Crippen LogP contribution in [0.15, 0.2) is 24.3 Å². The quantitative estimate of drug-likeness (QED) is 0.0323. The van der Waals surface area contributed by atoms with Crippen LogP contribution in [0.1, 0.15) is 39.5 Å². The Kier molecular flexibility index (Phi) is 35.0.